The molecule has 0 amide bonds. The van der Waals surface area contributed by atoms with Gasteiger partial charge < -0.3 is 10.1 Å². The third-order valence-corrected chi connectivity index (χ3v) is 4.72. The van der Waals surface area contributed by atoms with Crippen LogP contribution in [0.3, 0.4) is 0 Å². The molecule has 26 heavy (non-hydrogen) atoms. The number of aromatic amines is 1. The average Bonchev–Trinajstić information content (AvgIpc) is 3.34. The monoisotopic (exact) mass is 349 g/mol. The summed E-state index contributed by atoms with van der Waals surface area (Å²) in [5, 5.41) is 9.41. The predicted octanol–water partition coefficient (Wildman–Crippen LogP) is 2.90. The molecule has 132 valence electrons. The van der Waals surface area contributed by atoms with Crippen LogP contribution in [0.1, 0.15) is 40.5 Å². The third-order valence-electron chi connectivity index (χ3n) is 4.72. The van der Waals surface area contributed by atoms with Gasteiger partial charge in [-0.2, -0.15) is 0 Å². The lowest BCUT2D eigenvalue weighted by molar-refractivity contribution is 0.0694. The van der Waals surface area contributed by atoms with Crippen LogP contribution in [-0.4, -0.2) is 42.5 Å². The number of carbonyl (C=O) groups is 1. The van der Waals surface area contributed by atoms with Gasteiger partial charge >= 0.3 is 5.97 Å². The van der Waals surface area contributed by atoms with Crippen LogP contribution in [0.2, 0.25) is 0 Å². The minimum Gasteiger partial charge on any atom is -0.478 e. The van der Waals surface area contributed by atoms with E-state index in [-0.39, 0.29) is 6.04 Å². The fraction of sp³-hybridized carbons (Fsp3) is 0.263. The van der Waals surface area contributed by atoms with Crippen molar-refractivity contribution in [3.05, 3.63) is 65.9 Å². The maximum absolute atomic E-state index is 11.5. The Bertz CT molecular complexity index is 910. The Hall–Kier alpha value is -3.06. The van der Waals surface area contributed by atoms with Crippen molar-refractivity contribution in [1.29, 1.82) is 0 Å². The first kappa shape index (κ1) is 16.4. The van der Waals surface area contributed by atoms with Crippen molar-refractivity contribution in [2.45, 2.75) is 25.4 Å². The van der Waals surface area contributed by atoms with Crippen LogP contribution in [-0.2, 0) is 6.54 Å². The molecule has 1 aliphatic rings. The topological polar surface area (TPSA) is 95.0 Å². The van der Waals surface area contributed by atoms with E-state index >= 15 is 0 Å². The van der Waals surface area contributed by atoms with Crippen LogP contribution in [0.4, 0.5) is 0 Å². The second-order valence-corrected chi connectivity index (χ2v) is 6.36. The molecule has 0 saturated carbocycles. The first-order chi connectivity index (χ1) is 12.7. The predicted molar refractivity (Wildman–Crippen MR) is 95.4 cm³/mol. The molecule has 7 heteroatoms. The highest BCUT2D eigenvalue weighted by atomic mass is 16.4. The number of aromatic nitrogens is 4. The van der Waals surface area contributed by atoms with E-state index in [9.17, 15) is 9.90 Å². The van der Waals surface area contributed by atoms with Gasteiger partial charge in [-0.3, -0.25) is 9.88 Å². The molecule has 0 unspecified atom stereocenters. The van der Waals surface area contributed by atoms with Gasteiger partial charge in [0, 0.05) is 18.9 Å². The minimum absolute atomic E-state index is 0.124. The highest BCUT2D eigenvalue weighted by molar-refractivity contribution is 5.89. The largest absolute Gasteiger partial charge is 0.478 e. The van der Waals surface area contributed by atoms with Crippen molar-refractivity contribution >= 4 is 5.97 Å². The van der Waals surface area contributed by atoms with E-state index in [2.05, 4.69) is 19.9 Å². The molecule has 1 atom stereocenters. The molecule has 2 N–H and O–H groups in total. The number of hydrogen-bond donors (Lipinski definition) is 2. The lowest BCUT2D eigenvalue weighted by Gasteiger charge is -2.24. The van der Waals surface area contributed by atoms with Gasteiger partial charge in [-0.1, -0.05) is 18.2 Å². The van der Waals surface area contributed by atoms with E-state index in [1.165, 1.54) is 0 Å². The second kappa shape index (κ2) is 7.05. The Kier molecular flexibility index (Phi) is 4.45. The molecule has 2 aromatic heterocycles. The van der Waals surface area contributed by atoms with Crippen LogP contribution in [0.25, 0.3) is 11.5 Å². The zero-order chi connectivity index (χ0) is 17.9. The smallest absolute Gasteiger partial charge is 0.336 e. The Morgan fingerprint density at radius 1 is 1.31 bits per heavy atom. The molecule has 7 nitrogen and oxygen atoms in total. The summed E-state index contributed by atoms with van der Waals surface area (Å²) >= 11 is 0. The van der Waals surface area contributed by atoms with E-state index in [0.29, 0.717) is 23.6 Å². The first-order valence-electron chi connectivity index (χ1n) is 8.59. The Morgan fingerprint density at radius 2 is 2.19 bits per heavy atom. The third kappa shape index (κ3) is 3.21. The van der Waals surface area contributed by atoms with Crippen molar-refractivity contribution < 1.29 is 9.90 Å². The van der Waals surface area contributed by atoms with Crippen molar-refractivity contribution in [3.8, 4) is 11.5 Å². The van der Waals surface area contributed by atoms with Crippen molar-refractivity contribution in [2.24, 2.45) is 0 Å². The van der Waals surface area contributed by atoms with Gasteiger partial charge in [-0.15, -0.1) is 0 Å². The van der Waals surface area contributed by atoms with Gasteiger partial charge in [0.15, 0.2) is 5.82 Å². The molecule has 4 rings (SSSR count). The van der Waals surface area contributed by atoms with E-state index in [1.807, 2.05) is 12.1 Å². The lowest BCUT2D eigenvalue weighted by atomic mass is 10.1. The Morgan fingerprint density at radius 3 is 3.00 bits per heavy atom. The highest BCUT2D eigenvalue weighted by Crippen LogP contribution is 2.33. The quantitative estimate of drug-likeness (QED) is 0.735. The molecule has 1 fully saturated rings. The fourth-order valence-corrected chi connectivity index (χ4v) is 3.50. The van der Waals surface area contributed by atoms with Gasteiger partial charge in [-0.25, -0.2) is 14.8 Å². The molecular weight excluding hydrogens is 330 g/mol. The second-order valence-electron chi connectivity index (χ2n) is 6.36. The van der Waals surface area contributed by atoms with E-state index in [0.717, 1.165) is 30.6 Å². The number of nitrogens with zero attached hydrogens (tertiary/aromatic N) is 4. The summed E-state index contributed by atoms with van der Waals surface area (Å²) < 4.78 is 0. The van der Waals surface area contributed by atoms with Crippen molar-refractivity contribution in [2.75, 3.05) is 6.54 Å². The molecule has 0 aliphatic carbocycles. The average molecular weight is 349 g/mol. The van der Waals surface area contributed by atoms with Crippen molar-refractivity contribution in [3.63, 3.8) is 0 Å². The minimum atomic E-state index is -0.893. The molecule has 0 spiro atoms. The van der Waals surface area contributed by atoms with Gasteiger partial charge in [0.2, 0.25) is 0 Å². The maximum Gasteiger partial charge on any atom is 0.336 e. The van der Waals surface area contributed by atoms with Crippen LogP contribution in [0.5, 0.6) is 0 Å². The van der Waals surface area contributed by atoms with E-state index in [1.54, 1.807) is 36.9 Å². The van der Waals surface area contributed by atoms with E-state index in [4.69, 9.17) is 4.98 Å². The zero-order valence-corrected chi connectivity index (χ0v) is 14.2. The summed E-state index contributed by atoms with van der Waals surface area (Å²) in [5.41, 5.74) is 2.78. The van der Waals surface area contributed by atoms with Crippen molar-refractivity contribution in [1.82, 2.24) is 24.8 Å². The summed E-state index contributed by atoms with van der Waals surface area (Å²) in [6.07, 6.45) is 8.96. The Balaban J connectivity index is 1.60. The normalized spacial score (nSPS) is 17.5. The molecule has 3 aromatic rings. The van der Waals surface area contributed by atoms with Gasteiger partial charge in [0.1, 0.15) is 5.69 Å². The number of benzene rings is 1. The number of carboxylic acids is 1. The fourth-order valence-electron chi connectivity index (χ4n) is 3.50. The molecule has 1 saturated heterocycles. The van der Waals surface area contributed by atoms with E-state index < -0.39 is 5.97 Å². The number of rotatable bonds is 5. The standard InChI is InChI=1S/C19H19N5O2/c25-19(26)14-5-2-1-4-13(14)12-24-9-3-6-17(24)15-10-20-11-16(23-15)18-21-7-8-22-18/h1-2,4-5,7-8,10-11,17H,3,6,9,12H2,(H,21,22)(H,25,26)/t17-/m0/s1. The summed E-state index contributed by atoms with van der Waals surface area (Å²) in [6, 6.07) is 7.29. The van der Waals surface area contributed by atoms with Gasteiger partial charge in [-0.05, 0) is 31.0 Å². The number of H-pyrrole nitrogens is 1. The number of imidazole rings is 1. The van der Waals surface area contributed by atoms with Crippen LogP contribution in [0, 0.1) is 0 Å². The van der Waals surface area contributed by atoms with Crippen LogP contribution in [0.15, 0.2) is 49.1 Å². The van der Waals surface area contributed by atoms with Gasteiger partial charge in [0.25, 0.3) is 0 Å². The van der Waals surface area contributed by atoms with Crippen LogP contribution < -0.4 is 0 Å². The summed E-state index contributed by atoms with van der Waals surface area (Å²) in [6.45, 7) is 1.49. The molecule has 1 aromatic carbocycles. The SMILES string of the molecule is O=C(O)c1ccccc1CN1CCC[C@H]1c1cncc(-c2ncc[nH]2)n1. The summed E-state index contributed by atoms with van der Waals surface area (Å²) in [5.74, 6) is -0.198. The summed E-state index contributed by atoms with van der Waals surface area (Å²) in [7, 11) is 0. The number of likely N-dealkylation sites (tertiary alicyclic amines) is 1. The number of aromatic carboxylic acids is 1. The maximum atomic E-state index is 11.5. The molecule has 1 aliphatic heterocycles. The van der Waals surface area contributed by atoms with Gasteiger partial charge in [0.05, 0.1) is 29.7 Å². The number of carboxylic acid groups (broad SMARTS) is 1. The summed E-state index contributed by atoms with van der Waals surface area (Å²) in [4.78, 5) is 30.1. The molecule has 3 heterocycles. The molecular formula is C19H19N5O2. The zero-order valence-electron chi connectivity index (χ0n) is 14.2. The lowest BCUT2D eigenvalue weighted by Crippen LogP contribution is -2.24. The van der Waals surface area contributed by atoms with Crippen LogP contribution >= 0.6 is 0 Å². The molecule has 0 radical (unpaired) electrons. The first-order valence-corrected chi connectivity index (χ1v) is 8.59. The number of hydrogen-bond acceptors (Lipinski definition) is 5. The number of nitrogens with one attached hydrogen (secondary N) is 1. The highest BCUT2D eigenvalue weighted by Gasteiger charge is 2.28. The Labute approximate surface area is 150 Å². The molecule has 0 bridgehead atoms.